The van der Waals surface area contributed by atoms with Gasteiger partial charge in [0.2, 0.25) is 5.91 Å². The zero-order valence-electron chi connectivity index (χ0n) is 11.7. The normalized spacial score (nSPS) is 22.4. The number of benzene rings is 1. The van der Waals surface area contributed by atoms with Crippen LogP contribution in [-0.2, 0) is 9.53 Å². The van der Waals surface area contributed by atoms with Gasteiger partial charge in [-0.25, -0.2) is 0 Å². The second kappa shape index (κ2) is 7.31. The molecule has 0 unspecified atom stereocenters. The molecule has 7 heteroatoms. The quantitative estimate of drug-likeness (QED) is 0.864. The smallest absolute Gasteiger partial charge is 0.234 e. The number of carbonyl (C=O) groups is 1. The number of amides is 1. The molecular formula is C14H18Cl2N2O3. The molecule has 116 valence electrons. The van der Waals surface area contributed by atoms with Gasteiger partial charge in [-0.15, -0.1) is 0 Å². The van der Waals surface area contributed by atoms with Crippen LogP contribution >= 0.6 is 23.2 Å². The molecule has 2 N–H and O–H groups in total. The van der Waals surface area contributed by atoms with Crippen LogP contribution < -0.4 is 10.5 Å². The maximum atomic E-state index is 11.5. The molecule has 1 aliphatic heterocycles. The molecule has 2 atom stereocenters. The maximum absolute atomic E-state index is 11.5. The first kappa shape index (κ1) is 16.4. The number of rotatable bonds is 6. The minimum absolute atomic E-state index is 0.0252. The summed E-state index contributed by atoms with van der Waals surface area (Å²) in [5, 5.41) is 1.06. The lowest BCUT2D eigenvalue weighted by Crippen LogP contribution is -2.42. The number of hydrogen-bond donors (Lipinski definition) is 1. The monoisotopic (exact) mass is 332 g/mol. The first-order chi connectivity index (χ1) is 10.0. The Morgan fingerprint density at radius 1 is 1.48 bits per heavy atom. The molecule has 5 nitrogen and oxygen atoms in total. The Labute approximate surface area is 133 Å². The summed E-state index contributed by atoms with van der Waals surface area (Å²) in [6, 6.07) is 4.73. The van der Waals surface area contributed by atoms with Crippen LogP contribution in [0.3, 0.4) is 0 Å². The van der Waals surface area contributed by atoms with Crippen molar-refractivity contribution < 1.29 is 14.3 Å². The van der Waals surface area contributed by atoms with Crippen molar-refractivity contribution >= 4 is 29.1 Å². The molecule has 1 aliphatic rings. The Bertz CT molecular complexity index is 513. The fourth-order valence-electron chi connectivity index (χ4n) is 2.44. The number of nitrogens with two attached hydrogens (primary N) is 1. The topological polar surface area (TPSA) is 64.8 Å². The van der Waals surface area contributed by atoms with Gasteiger partial charge in [-0.1, -0.05) is 23.2 Å². The zero-order chi connectivity index (χ0) is 15.4. The summed E-state index contributed by atoms with van der Waals surface area (Å²) < 4.78 is 10.9. The van der Waals surface area contributed by atoms with Crippen molar-refractivity contribution in [3.63, 3.8) is 0 Å². The van der Waals surface area contributed by atoms with Gasteiger partial charge < -0.3 is 15.2 Å². The highest BCUT2D eigenvalue weighted by Gasteiger charge is 2.35. The molecule has 1 amide bonds. The number of carbonyl (C=O) groups excluding carboxylic acids is 1. The predicted molar refractivity (Wildman–Crippen MR) is 81.9 cm³/mol. The van der Waals surface area contributed by atoms with Crippen LogP contribution in [-0.4, -0.2) is 49.8 Å². The van der Waals surface area contributed by atoms with Crippen LogP contribution in [0.2, 0.25) is 10.0 Å². The molecule has 0 aromatic heterocycles. The molecule has 0 radical (unpaired) electrons. The van der Waals surface area contributed by atoms with E-state index in [1.807, 2.05) is 4.90 Å². The molecule has 1 fully saturated rings. The lowest BCUT2D eigenvalue weighted by atomic mass is 10.2. The largest absolute Gasteiger partial charge is 0.491 e. The third-order valence-corrected chi connectivity index (χ3v) is 4.10. The van der Waals surface area contributed by atoms with Crippen LogP contribution in [0, 0.1) is 0 Å². The van der Waals surface area contributed by atoms with E-state index in [-0.39, 0.29) is 18.1 Å². The summed E-state index contributed by atoms with van der Waals surface area (Å²) in [5.74, 6) is 0.192. The van der Waals surface area contributed by atoms with E-state index in [1.54, 1.807) is 25.3 Å². The molecule has 0 spiro atoms. The van der Waals surface area contributed by atoms with Crippen LogP contribution in [0.1, 0.15) is 6.42 Å². The summed E-state index contributed by atoms with van der Waals surface area (Å²) in [6.45, 7) is 1.62. The van der Waals surface area contributed by atoms with Gasteiger partial charge in [0.15, 0.2) is 0 Å². The molecule has 0 bridgehead atoms. The third-order valence-electron chi connectivity index (χ3n) is 3.56. The molecular weight excluding hydrogens is 315 g/mol. The average Bonchev–Trinajstić information content (AvgIpc) is 2.86. The second-order valence-corrected chi connectivity index (χ2v) is 5.77. The third kappa shape index (κ3) is 4.23. The molecule has 1 aromatic rings. The van der Waals surface area contributed by atoms with Crippen molar-refractivity contribution in [1.29, 1.82) is 0 Å². The summed E-state index contributed by atoms with van der Waals surface area (Å²) in [7, 11) is 1.63. The van der Waals surface area contributed by atoms with E-state index in [9.17, 15) is 4.79 Å². The number of ether oxygens (including phenoxy) is 2. The molecule has 1 aromatic carbocycles. The fourth-order valence-corrected chi connectivity index (χ4v) is 2.77. The highest BCUT2D eigenvalue weighted by atomic mass is 35.5. The van der Waals surface area contributed by atoms with Crippen molar-refractivity contribution in [2.75, 3.05) is 26.8 Å². The summed E-state index contributed by atoms with van der Waals surface area (Å²) >= 11 is 11.9. The number of hydrogen-bond acceptors (Lipinski definition) is 4. The lowest BCUT2D eigenvalue weighted by molar-refractivity contribution is -0.122. The van der Waals surface area contributed by atoms with E-state index < -0.39 is 0 Å². The van der Waals surface area contributed by atoms with Gasteiger partial charge in [0.25, 0.3) is 0 Å². The standard InChI is InChI=1S/C14H18Cl2N2O3/c1-20-10-7-12(14(17)19)18(8-10)4-5-21-13-6-9(15)2-3-11(13)16/h2-3,6,10,12H,4-5,7-8H2,1H3,(H2,17,19)/t10-,12-/m0/s1. The molecule has 2 rings (SSSR count). The van der Waals surface area contributed by atoms with Gasteiger partial charge in [-0.05, 0) is 18.6 Å². The highest BCUT2D eigenvalue weighted by Crippen LogP contribution is 2.28. The number of likely N-dealkylation sites (tertiary alicyclic amines) is 1. The first-order valence-electron chi connectivity index (χ1n) is 6.65. The number of primary amides is 1. The van der Waals surface area contributed by atoms with Crippen LogP contribution in [0.5, 0.6) is 5.75 Å². The van der Waals surface area contributed by atoms with E-state index in [1.165, 1.54) is 0 Å². The van der Waals surface area contributed by atoms with Gasteiger partial charge in [0.05, 0.1) is 17.2 Å². The molecule has 1 heterocycles. The Morgan fingerprint density at radius 2 is 2.24 bits per heavy atom. The van der Waals surface area contributed by atoms with Gasteiger partial charge in [0.1, 0.15) is 12.4 Å². The summed E-state index contributed by atoms with van der Waals surface area (Å²) in [5.41, 5.74) is 5.42. The predicted octanol–water partition coefficient (Wildman–Crippen LogP) is 1.95. The van der Waals surface area contributed by atoms with Crippen LogP contribution in [0.4, 0.5) is 0 Å². The molecule has 1 saturated heterocycles. The second-order valence-electron chi connectivity index (χ2n) is 4.93. The van der Waals surface area contributed by atoms with Crippen molar-refractivity contribution in [2.45, 2.75) is 18.6 Å². The van der Waals surface area contributed by atoms with E-state index in [0.29, 0.717) is 41.9 Å². The summed E-state index contributed by atoms with van der Waals surface area (Å²) in [4.78, 5) is 13.4. The Kier molecular flexibility index (Phi) is 5.70. The van der Waals surface area contributed by atoms with Gasteiger partial charge in [-0.2, -0.15) is 0 Å². The van der Waals surface area contributed by atoms with E-state index in [0.717, 1.165) is 0 Å². The first-order valence-corrected chi connectivity index (χ1v) is 7.41. The van der Waals surface area contributed by atoms with Crippen molar-refractivity contribution in [1.82, 2.24) is 4.90 Å². The fraction of sp³-hybridized carbons (Fsp3) is 0.500. The number of nitrogens with zero attached hydrogens (tertiary/aromatic N) is 1. The maximum Gasteiger partial charge on any atom is 0.234 e. The minimum Gasteiger partial charge on any atom is -0.491 e. The highest BCUT2D eigenvalue weighted by molar-refractivity contribution is 6.34. The number of methoxy groups -OCH3 is 1. The molecule has 0 aliphatic carbocycles. The van der Waals surface area contributed by atoms with Crippen molar-refractivity contribution in [2.24, 2.45) is 5.73 Å². The van der Waals surface area contributed by atoms with Crippen molar-refractivity contribution in [3.05, 3.63) is 28.2 Å². The average molecular weight is 333 g/mol. The number of halogens is 2. The Hall–Kier alpha value is -1.01. The van der Waals surface area contributed by atoms with Gasteiger partial charge in [-0.3, -0.25) is 9.69 Å². The zero-order valence-corrected chi connectivity index (χ0v) is 13.2. The van der Waals surface area contributed by atoms with Gasteiger partial charge >= 0.3 is 0 Å². The van der Waals surface area contributed by atoms with Crippen LogP contribution in [0.15, 0.2) is 18.2 Å². The lowest BCUT2D eigenvalue weighted by Gasteiger charge is -2.21. The Balaban J connectivity index is 1.90. The molecule has 0 saturated carbocycles. The van der Waals surface area contributed by atoms with Gasteiger partial charge in [0, 0.05) is 31.3 Å². The van der Waals surface area contributed by atoms with E-state index >= 15 is 0 Å². The van der Waals surface area contributed by atoms with E-state index in [4.69, 9.17) is 38.4 Å². The van der Waals surface area contributed by atoms with E-state index in [2.05, 4.69) is 0 Å². The van der Waals surface area contributed by atoms with Crippen molar-refractivity contribution in [3.8, 4) is 5.75 Å². The minimum atomic E-state index is -0.338. The Morgan fingerprint density at radius 3 is 2.90 bits per heavy atom. The van der Waals surface area contributed by atoms with Crippen LogP contribution in [0.25, 0.3) is 0 Å². The molecule has 21 heavy (non-hydrogen) atoms. The summed E-state index contributed by atoms with van der Waals surface area (Å²) in [6.07, 6.45) is 0.640. The SMILES string of the molecule is CO[C@H]1C[C@@H](C(N)=O)N(CCOc2cc(Cl)ccc2Cl)C1.